The van der Waals surface area contributed by atoms with Crippen LogP contribution >= 0.6 is 0 Å². The van der Waals surface area contributed by atoms with E-state index in [-0.39, 0.29) is 25.3 Å². The van der Waals surface area contributed by atoms with Gasteiger partial charge in [-0.25, -0.2) is 4.79 Å². The Labute approximate surface area is 173 Å². The number of benzene rings is 2. The van der Waals surface area contributed by atoms with Crippen molar-refractivity contribution in [3.63, 3.8) is 0 Å². The Morgan fingerprint density at radius 1 is 1.17 bits per heavy atom. The minimum Gasteiger partial charge on any atom is -0.454 e. The highest BCUT2D eigenvalue weighted by Crippen LogP contribution is 2.38. The molecule has 0 aromatic heterocycles. The van der Waals surface area contributed by atoms with Crippen molar-refractivity contribution in [1.82, 2.24) is 10.2 Å². The number of imide groups is 1. The Bertz CT molecular complexity index is 1080. The first-order valence-corrected chi connectivity index (χ1v) is 9.82. The van der Waals surface area contributed by atoms with Gasteiger partial charge in [-0.1, -0.05) is 24.3 Å². The number of carbonyl (C=O) groups is 3. The number of urea groups is 1. The summed E-state index contributed by atoms with van der Waals surface area (Å²) >= 11 is 0. The second-order valence-corrected chi connectivity index (χ2v) is 7.96. The minimum atomic E-state index is -1.28. The van der Waals surface area contributed by atoms with E-state index in [1.165, 1.54) is 0 Å². The molecule has 154 valence electrons. The molecule has 1 fully saturated rings. The van der Waals surface area contributed by atoms with Gasteiger partial charge in [-0.05, 0) is 49.6 Å². The van der Waals surface area contributed by atoms with Gasteiger partial charge in [0.1, 0.15) is 12.1 Å². The van der Waals surface area contributed by atoms with Gasteiger partial charge >= 0.3 is 6.03 Å². The molecule has 0 spiro atoms. The van der Waals surface area contributed by atoms with Crippen molar-refractivity contribution in [3.8, 4) is 11.5 Å². The quantitative estimate of drug-likeness (QED) is 0.788. The fourth-order valence-corrected chi connectivity index (χ4v) is 4.40. The normalized spacial score (nSPS) is 24.3. The summed E-state index contributed by atoms with van der Waals surface area (Å²) in [4.78, 5) is 41.6. The summed E-state index contributed by atoms with van der Waals surface area (Å²) in [7, 11) is 0. The predicted molar refractivity (Wildman–Crippen MR) is 107 cm³/mol. The summed E-state index contributed by atoms with van der Waals surface area (Å²) in [6, 6.07) is 12.2. The topological polar surface area (TPSA) is 88.2 Å². The van der Waals surface area contributed by atoms with Crippen LogP contribution in [0.25, 0.3) is 0 Å². The highest BCUT2D eigenvalue weighted by molar-refractivity contribution is 6.11. The maximum Gasteiger partial charge on any atom is 0.325 e. The Hall–Kier alpha value is -3.55. The molecule has 4 amide bonds. The van der Waals surface area contributed by atoms with Crippen molar-refractivity contribution in [2.75, 3.05) is 18.2 Å². The standard InChI is InChI=1S/C22H21N3O5/c1-13-9-14-5-3-4-6-16(14)25(13)19(26)11-24-20(27)22(2,23-21(24)28)15-7-8-17-18(10-15)30-12-29-17/h3-8,10,13H,9,11-12H2,1-2H3,(H,23,28)/t13-,22+/m1/s1. The van der Waals surface area contributed by atoms with Crippen molar-refractivity contribution >= 4 is 23.5 Å². The van der Waals surface area contributed by atoms with Crippen molar-refractivity contribution in [2.24, 2.45) is 0 Å². The number of carbonyl (C=O) groups excluding carboxylic acids is 3. The number of rotatable bonds is 3. The number of hydrogen-bond acceptors (Lipinski definition) is 5. The highest BCUT2D eigenvalue weighted by atomic mass is 16.7. The van der Waals surface area contributed by atoms with E-state index in [1.54, 1.807) is 30.0 Å². The molecule has 5 rings (SSSR count). The van der Waals surface area contributed by atoms with Crippen molar-refractivity contribution in [3.05, 3.63) is 53.6 Å². The van der Waals surface area contributed by atoms with E-state index < -0.39 is 17.5 Å². The summed E-state index contributed by atoms with van der Waals surface area (Å²) in [6.07, 6.45) is 0.747. The molecule has 2 atom stereocenters. The number of anilines is 1. The maximum atomic E-state index is 13.2. The largest absolute Gasteiger partial charge is 0.454 e. The van der Waals surface area contributed by atoms with Gasteiger partial charge < -0.3 is 19.7 Å². The number of hydrogen-bond donors (Lipinski definition) is 1. The SMILES string of the molecule is C[C@@H]1Cc2ccccc2N1C(=O)CN1C(=O)N[C@@](C)(c2ccc3c(c2)OCO3)C1=O. The first kappa shape index (κ1) is 18.5. The molecule has 3 heterocycles. The van der Waals surface area contributed by atoms with Crippen LogP contribution in [0.4, 0.5) is 10.5 Å². The van der Waals surface area contributed by atoms with E-state index in [0.717, 1.165) is 22.6 Å². The van der Waals surface area contributed by atoms with Gasteiger partial charge in [0.05, 0.1) is 0 Å². The van der Waals surface area contributed by atoms with E-state index in [0.29, 0.717) is 17.1 Å². The molecule has 0 saturated carbocycles. The molecule has 30 heavy (non-hydrogen) atoms. The molecule has 1 saturated heterocycles. The number of nitrogens with one attached hydrogen (secondary N) is 1. The first-order chi connectivity index (χ1) is 14.4. The summed E-state index contributed by atoms with van der Waals surface area (Å²) in [5.41, 5.74) is 1.20. The van der Waals surface area contributed by atoms with Gasteiger partial charge in [-0.3, -0.25) is 14.5 Å². The maximum absolute atomic E-state index is 13.2. The number of nitrogens with zero attached hydrogens (tertiary/aromatic N) is 2. The fourth-order valence-electron chi connectivity index (χ4n) is 4.40. The first-order valence-electron chi connectivity index (χ1n) is 9.82. The second kappa shape index (κ2) is 6.48. The fraction of sp³-hybridized carbons (Fsp3) is 0.318. The smallest absolute Gasteiger partial charge is 0.325 e. The number of para-hydroxylation sites is 1. The van der Waals surface area contributed by atoms with Crippen LogP contribution in [0.2, 0.25) is 0 Å². The van der Waals surface area contributed by atoms with Gasteiger partial charge in [-0.15, -0.1) is 0 Å². The van der Waals surface area contributed by atoms with Gasteiger partial charge in [0.15, 0.2) is 11.5 Å². The molecule has 3 aliphatic heterocycles. The lowest BCUT2D eigenvalue weighted by Crippen LogP contribution is -2.46. The van der Waals surface area contributed by atoms with Crippen LogP contribution in [0.1, 0.15) is 25.0 Å². The third-order valence-electron chi connectivity index (χ3n) is 5.99. The van der Waals surface area contributed by atoms with E-state index in [9.17, 15) is 14.4 Å². The van der Waals surface area contributed by atoms with Crippen LogP contribution in [-0.4, -0.2) is 42.1 Å². The molecule has 8 heteroatoms. The van der Waals surface area contributed by atoms with Gasteiger partial charge in [-0.2, -0.15) is 0 Å². The molecule has 2 aromatic carbocycles. The average molecular weight is 407 g/mol. The van der Waals surface area contributed by atoms with Crippen LogP contribution in [0.15, 0.2) is 42.5 Å². The Kier molecular flexibility index (Phi) is 3.99. The molecular weight excluding hydrogens is 386 g/mol. The van der Waals surface area contributed by atoms with Crippen LogP contribution < -0.4 is 19.7 Å². The van der Waals surface area contributed by atoms with Gasteiger partial charge in [0, 0.05) is 11.7 Å². The Balaban J connectivity index is 1.39. The van der Waals surface area contributed by atoms with Crippen LogP contribution in [0.3, 0.4) is 0 Å². The molecule has 0 unspecified atom stereocenters. The summed E-state index contributed by atoms with van der Waals surface area (Å²) < 4.78 is 10.7. The van der Waals surface area contributed by atoms with E-state index in [4.69, 9.17) is 9.47 Å². The molecule has 0 radical (unpaired) electrons. The van der Waals surface area contributed by atoms with Crippen molar-refractivity contribution in [2.45, 2.75) is 31.8 Å². The Morgan fingerprint density at radius 3 is 2.77 bits per heavy atom. The zero-order valence-electron chi connectivity index (χ0n) is 16.7. The molecule has 0 bridgehead atoms. The lowest BCUT2D eigenvalue weighted by atomic mass is 9.91. The molecular formula is C22H21N3O5. The molecule has 1 N–H and O–H groups in total. The van der Waals surface area contributed by atoms with Crippen LogP contribution in [0.5, 0.6) is 11.5 Å². The predicted octanol–water partition coefficient (Wildman–Crippen LogP) is 2.16. The average Bonchev–Trinajstić information content (AvgIpc) is 3.38. The second-order valence-electron chi connectivity index (χ2n) is 7.96. The highest BCUT2D eigenvalue weighted by Gasteiger charge is 2.50. The molecule has 2 aromatic rings. The molecule has 0 aliphatic carbocycles. The minimum absolute atomic E-state index is 0.0316. The Morgan fingerprint density at radius 2 is 1.93 bits per heavy atom. The van der Waals surface area contributed by atoms with Crippen LogP contribution in [0, 0.1) is 0 Å². The third-order valence-corrected chi connectivity index (χ3v) is 5.99. The van der Waals surface area contributed by atoms with Gasteiger partial charge in [0.2, 0.25) is 12.7 Å². The number of amides is 4. The summed E-state index contributed by atoms with van der Waals surface area (Å²) in [5.74, 6) is 0.353. The van der Waals surface area contributed by atoms with Crippen molar-refractivity contribution in [1.29, 1.82) is 0 Å². The zero-order valence-corrected chi connectivity index (χ0v) is 16.7. The zero-order chi connectivity index (χ0) is 21.0. The van der Waals surface area contributed by atoms with Crippen LogP contribution in [-0.2, 0) is 21.5 Å². The summed E-state index contributed by atoms with van der Waals surface area (Å²) in [6.45, 7) is 3.39. The molecule has 8 nitrogen and oxygen atoms in total. The lowest BCUT2D eigenvalue weighted by molar-refractivity contribution is -0.134. The van der Waals surface area contributed by atoms with E-state index >= 15 is 0 Å². The monoisotopic (exact) mass is 407 g/mol. The summed E-state index contributed by atoms with van der Waals surface area (Å²) in [5, 5.41) is 2.73. The number of ether oxygens (including phenoxy) is 2. The third kappa shape index (κ3) is 2.63. The lowest BCUT2D eigenvalue weighted by Gasteiger charge is -2.25. The number of fused-ring (bicyclic) bond motifs is 2. The molecule has 3 aliphatic rings. The van der Waals surface area contributed by atoms with Gasteiger partial charge in [0.25, 0.3) is 5.91 Å². The van der Waals surface area contributed by atoms with Crippen molar-refractivity contribution < 1.29 is 23.9 Å². The van der Waals surface area contributed by atoms with E-state index in [2.05, 4.69) is 5.32 Å². The van der Waals surface area contributed by atoms with E-state index in [1.807, 2.05) is 31.2 Å².